The van der Waals surface area contributed by atoms with Gasteiger partial charge in [-0.1, -0.05) is 26.2 Å². The Balaban J connectivity index is 2.78. The summed E-state index contributed by atoms with van der Waals surface area (Å²) >= 11 is 0. The van der Waals surface area contributed by atoms with E-state index in [1.165, 1.54) is 0 Å². The van der Waals surface area contributed by atoms with E-state index >= 15 is 0 Å². The van der Waals surface area contributed by atoms with Crippen molar-refractivity contribution in [3.05, 3.63) is 0 Å². The number of alkyl carbamates (subject to hydrolysis) is 1. The molecule has 0 aromatic rings. The molecule has 116 valence electrons. The van der Waals surface area contributed by atoms with E-state index in [0.29, 0.717) is 12.3 Å². The molecule has 1 aliphatic rings. The highest BCUT2D eigenvalue weighted by molar-refractivity contribution is 5.73. The highest BCUT2D eigenvalue weighted by Crippen LogP contribution is 2.36. The van der Waals surface area contributed by atoms with Gasteiger partial charge < -0.3 is 15.2 Å². The summed E-state index contributed by atoms with van der Waals surface area (Å²) in [5, 5.41) is 12.0. The molecule has 1 saturated carbocycles. The van der Waals surface area contributed by atoms with E-state index in [0.717, 1.165) is 25.7 Å². The SMILES string of the molecule is CCC1CCCC(CC(=O)O)(NC(=O)OC(C)(C)C)C1. The Kier molecular flexibility index (Phi) is 5.42. The van der Waals surface area contributed by atoms with Crippen LogP contribution < -0.4 is 5.32 Å². The van der Waals surface area contributed by atoms with E-state index in [-0.39, 0.29) is 6.42 Å². The monoisotopic (exact) mass is 285 g/mol. The highest BCUT2D eigenvalue weighted by atomic mass is 16.6. The van der Waals surface area contributed by atoms with E-state index in [9.17, 15) is 9.59 Å². The van der Waals surface area contributed by atoms with Crippen LogP contribution in [0.4, 0.5) is 4.79 Å². The summed E-state index contributed by atoms with van der Waals surface area (Å²) in [6.45, 7) is 7.50. The van der Waals surface area contributed by atoms with Crippen LogP contribution in [0, 0.1) is 5.92 Å². The lowest BCUT2D eigenvalue weighted by Gasteiger charge is -2.40. The molecule has 20 heavy (non-hydrogen) atoms. The van der Waals surface area contributed by atoms with E-state index in [1.807, 2.05) is 0 Å². The molecule has 0 heterocycles. The highest BCUT2D eigenvalue weighted by Gasteiger charge is 2.40. The number of carboxylic acids is 1. The quantitative estimate of drug-likeness (QED) is 0.830. The molecule has 0 bridgehead atoms. The first kappa shape index (κ1) is 16.8. The predicted octanol–water partition coefficient (Wildman–Crippen LogP) is 3.32. The fourth-order valence-corrected chi connectivity index (χ4v) is 2.96. The van der Waals surface area contributed by atoms with Crippen LogP contribution in [-0.4, -0.2) is 28.3 Å². The van der Waals surface area contributed by atoms with Gasteiger partial charge in [0, 0.05) is 0 Å². The van der Waals surface area contributed by atoms with Crippen LogP contribution in [0.15, 0.2) is 0 Å². The molecule has 0 aromatic heterocycles. The third-order valence-corrected chi connectivity index (χ3v) is 3.78. The fourth-order valence-electron chi connectivity index (χ4n) is 2.96. The Labute approximate surface area is 121 Å². The Hall–Kier alpha value is -1.26. The molecular weight excluding hydrogens is 258 g/mol. The first-order chi connectivity index (χ1) is 9.16. The summed E-state index contributed by atoms with van der Waals surface area (Å²) in [4.78, 5) is 23.1. The molecule has 0 aromatic carbocycles. The molecule has 0 aliphatic heterocycles. The van der Waals surface area contributed by atoms with Gasteiger partial charge in [0.15, 0.2) is 0 Å². The maximum Gasteiger partial charge on any atom is 0.408 e. The lowest BCUT2D eigenvalue weighted by molar-refractivity contribution is -0.139. The second-order valence-electron chi connectivity index (χ2n) is 6.85. The Bertz CT molecular complexity index is 361. The number of aliphatic carboxylic acids is 1. The van der Waals surface area contributed by atoms with Gasteiger partial charge >= 0.3 is 12.1 Å². The van der Waals surface area contributed by atoms with Crippen molar-refractivity contribution in [3.8, 4) is 0 Å². The maximum atomic E-state index is 12.0. The van der Waals surface area contributed by atoms with Crippen molar-refractivity contribution in [2.75, 3.05) is 0 Å². The zero-order chi connectivity index (χ0) is 15.4. The third kappa shape index (κ3) is 5.39. The molecule has 2 atom stereocenters. The largest absolute Gasteiger partial charge is 0.481 e. The van der Waals surface area contributed by atoms with Gasteiger partial charge in [-0.25, -0.2) is 4.79 Å². The van der Waals surface area contributed by atoms with Gasteiger partial charge in [0.25, 0.3) is 0 Å². The average molecular weight is 285 g/mol. The number of carbonyl (C=O) groups is 2. The van der Waals surface area contributed by atoms with Crippen molar-refractivity contribution in [2.24, 2.45) is 5.92 Å². The van der Waals surface area contributed by atoms with Gasteiger partial charge in [0.1, 0.15) is 5.60 Å². The normalized spacial score (nSPS) is 26.9. The van der Waals surface area contributed by atoms with Crippen LogP contribution in [-0.2, 0) is 9.53 Å². The zero-order valence-electron chi connectivity index (χ0n) is 13.0. The number of hydrogen-bond acceptors (Lipinski definition) is 3. The molecule has 1 aliphatic carbocycles. The molecule has 1 fully saturated rings. The second-order valence-corrected chi connectivity index (χ2v) is 6.85. The molecule has 2 unspecified atom stereocenters. The van der Waals surface area contributed by atoms with Crippen LogP contribution in [0.1, 0.15) is 66.2 Å². The van der Waals surface area contributed by atoms with Crippen molar-refractivity contribution in [1.29, 1.82) is 0 Å². The van der Waals surface area contributed by atoms with Crippen molar-refractivity contribution in [3.63, 3.8) is 0 Å². The van der Waals surface area contributed by atoms with Gasteiger partial charge in [-0.15, -0.1) is 0 Å². The van der Waals surface area contributed by atoms with Crippen molar-refractivity contribution in [2.45, 2.75) is 77.4 Å². The van der Waals surface area contributed by atoms with E-state index in [1.54, 1.807) is 20.8 Å². The minimum absolute atomic E-state index is 0.0389. The van der Waals surface area contributed by atoms with Gasteiger partial charge in [-0.3, -0.25) is 4.79 Å². The van der Waals surface area contributed by atoms with Crippen molar-refractivity contribution < 1.29 is 19.4 Å². The molecule has 1 amide bonds. The fraction of sp³-hybridized carbons (Fsp3) is 0.867. The maximum absolute atomic E-state index is 12.0. The Morgan fingerprint density at radius 3 is 2.55 bits per heavy atom. The molecule has 5 nitrogen and oxygen atoms in total. The smallest absolute Gasteiger partial charge is 0.408 e. The summed E-state index contributed by atoms with van der Waals surface area (Å²) < 4.78 is 5.27. The molecular formula is C15H27NO4. The van der Waals surface area contributed by atoms with Crippen molar-refractivity contribution in [1.82, 2.24) is 5.32 Å². The minimum Gasteiger partial charge on any atom is -0.481 e. The Morgan fingerprint density at radius 1 is 1.40 bits per heavy atom. The predicted molar refractivity (Wildman–Crippen MR) is 76.6 cm³/mol. The molecule has 1 rings (SSSR count). The van der Waals surface area contributed by atoms with Crippen LogP contribution in [0.25, 0.3) is 0 Å². The number of amides is 1. The first-order valence-electron chi connectivity index (χ1n) is 7.39. The van der Waals surface area contributed by atoms with Crippen LogP contribution in [0.2, 0.25) is 0 Å². The second kappa shape index (κ2) is 6.46. The van der Waals surface area contributed by atoms with Gasteiger partial charge in [0.2, 0.25) is 0 Å². The number of rotatable bonds is 4. The van der Waals surface area contributed by atoms with Crippen LogP contribution >= 0.6 is 0 Å². The molecule has 0 radical (unpaired) electrons. The Morgan fingerprint density at radius 2 is 2.05 bits per heavy atom. The zero-order valence-corrected chi connectivity index (χ0v) is 13.0. The number of carbonyl (C=O) groups excluding carboxylic acids is 1. The summed E-state index contributed by atoms with van der Waals surface area (Å²) in [5.41, 5.74) is -1.24. The topological polar surface area (TPSA) is 75.6 Å². The summed E-state index contributed by atoms with van der Waals surface area (Å²) in [5.74, 6) is -0.407. The van der Waals surface area contributed by atoms with Gasteiger partial charge in [0.05, 0.1) is 12.0 Å². The molecule has 2 N–H and O–H groups in total. The molecule has 0 spiro atoms. The van der Waals surface area contributed by atoms with E-state index < -0.39 is 23.2 Å². The van der Waals surface area contributed by atoms with Crippen molar-refractivity contribution >= 4 is 12.1 Å². The lowest BCUT2D eigenvalue weighted by Crippen LogP contribution is -2.53. The molecule has 0 saturated heterocycles. The lowest BCUT2D eigenvalue weighted by atomic mass is 9.73. The van der Waals surface area contributed by atoms with Gasteiger partial charge in [-0.2, -0.15) is 0 Å². The summed E-state index contributed by atoms with van der Waals surface area (Å²) in [7, 11) is 0. The van der Waals surface area contributed by atoms with E-state index in [2.05, 4.69) is 12.2 Å². The number of ether oxygens (including phenoxy) is 1. The van der Waals surface area contributed by atoms with E-state index in [4.69, 9.17) is 9.84 Å². The average Bonchev–Trinajstić information content (AvgIpc) is 2.24. The number of nitrogens with one attached hydrogen (secondary N) is 1. The number of carboxylic acid groups (broad SMARTS) is 1. The number of hydrogen-bond donors (Lipinski definition) is 2. The minimum atomic E-state index is -0.877. The molecule has 5 heteroatoms. The summed E-state index contributed by atoms with van der Waals surface area (Å²) in [6.07, 6.45) is 3.93. The third-order valence-electron chi connectivity index (χ3n) is 3.78. The van der Waals surface area contributed by atoms with Crippen LogP contribution in [0.3, 0.4) is 0 Å². The standard InChI is InChI=1S/C15H27NO4/c1-5-11-7-6-8-15(9-11,10-12(17)18)16-13(19)20-14(2,3)4/h11H,5-10H2,1-4H3,(H,16,19)(H,17,18). The first-order valence-corrected chi connectivity index (χ1v) is 7.39. The van der Waals surface area contributed by atoms with Gasteiger partial charge in [-0.05, 0) is 39.5 Å². The summed E-state index contributed by atoms with van der Waals surface area (Å²) in [6, 6.07) is 0. The van der Waals surface area contributed by atoms with Crippen LogP contribution in [0.5, 0.6) is 0 Å².